The van der Waals surface area contributed by atoms with E-state index in [4.69, 9.17) is 11.6 Å². The monoisotopic (exact) mass is 389 g/mol. The van der Waals surface area contributed by atoms with Crippen LogP contribution in [0.3, 0.4) is 0 Å². The van der Waals surface area contributed by atoms with E-state index in [-0.39, 0.29) is 24.6 Å². The Hall–Kier alpha value is -3.13. The highest BCUT2D eigenvalue weighted by Gasteiger charge is 2.12. The van der Waals surface area contributed by atoms with Gasteiger partial charge < -0.3 is 10.6 Å². The van der Waals surface area contributed by atoms with E-state index in [0.717, 1.165) is 0 Å². The smallest absolute Gasteiger partial charge is 0.336 e. The van der Waals surface area contributed by atoms with Crippen molar-refractivity contribution in [1.82, 2.24) is 19.7 Å². The van der Waals surface area contributed by atoms with Crippen molar-refractivity contribution in [3.05, 3.63) is 69.9 Å². The fourth-order valence-corrected chi connectivity index (χ4v) is 2.59. The van der Waals surface area contributed by atoms with E-state index < -0.39 is 6.03 Å². The fourth-order valence-electron chi connectivity index (χ4n) is 2.47. The molecular weight excluding hydrogens is 373 g/mol. The van der Waals surface area contributed by atoms with Crippen molar-refractivity contribution in [3.63, 3.8) is 0 Å². The summed E-state index contributed by atoms with van der Waals surface area (Å²) in [6.45, 7) is 0.404. The first-order chi connectivity index (χ1) is 12.9. The summed E-state index contributed by atoms with van der Waals surface area (Å²) in [4.78, 5) is 24.2. The Bertz CT molecular complexity index is 996. The summed E-state index contributed by atoms with van der Waals surface area (Å²) >= 11 is 5.79. The van der Waals surface area contributed by atoms with Gasteiger partial charge in [-0.05, 0) is 48.5 Å². The first-order valence-corrected chi connectivity index (χ1v) is 8.52. The Kier molecular flexibility index (Phi) is 5.56. The third-order valence-corrected chi connectivity index (χ3v) is 4.11. The van der Waals surface area contributed by atoms with Crippen molar-refractivity contribution in [2.45, 2.75) is 6.54 Å². The molecule has 0 radical (unpaired) electrons. The lowest BCUT2D eigenvalue weighted by Crippen LogP contribution is -2.34. The molecule has 0 saturated carbocycles. The summed E-state index contributed by atoms with van der Waals surface area (Å²) in [6, 6.07) is 12.0. The number of rotatable bonds is 5. The number of halogens is 2. The summed E-state index contributed by atoms with van der Waals surface area (Å²) in [6.07, 6.45) is 0. The second-order valence-corrected chi connectivity index (χ2v) is 6.22. The predicted octanol–water partition coefficient (Wildman–Crippen LogP) is 2.86. The molecule has 27 heavy (non-hydrogen) atoms. The number of benzene rings is 2. The number of nitrogens with one attached hydrogen (secondary N) is 2. The molecule has 9 heteroatoms. The predicted molar refractivity (Wildman–Crippen MR) is 101 cm³/mol. The average Bonchev–Trinajstić information content (AvgIpc) is 2.93. The second-order valence-electron chi connectivity index (χ2n) is 5.78. The third kappa shape index (κ3) is 4.53. The van der Waals surface area contributed by atoms with Gasteiger partial charge in [0.1, 0.15) is 5.82 Å². The zero-order valence-corrected chi connectivity index (χ0v) is 15.2. The number of carbonyl (C=O) groups excluding carboxylic acids is 1. The molecule has 1 aromatic heterocycles. The van der Waals surface area contributed by atoms with E-state index in [2.05, 4.69) is 15.7 Å². The first-order valence-electron chi connectivity index (χ1n) is 8.14. The van der Waals surface area contributed by atoms with Crippen LogP contribution in [0.4, 0.5) is 14.9 Å². The standard InChI is InChI=1S/C18H17ClFN5O2/c1-24-16(12-2-6-14(20)7-3-12)23-25(18(24)27)11-10-21-17(26)22-15-8-4-13(19)5-9-15/h2-9H,10-11H2,1H3,(H2,21,22,26). The van der Waals surface area contributed by atoms with Crippen LogP contribution in [0, 0.1) is 5.82 Å². The van der Waals surface area contributed by atoms with E-state index in [1.54, 1.807) is 43.4 Å². The number of anilines is 1. The summed E-state index contributed by atoms with van der Waals surface area (Å²) in [5.74, 6) is 0.0599. The average molecular weight is 390 g/mol. The van der Waals surface area contributed by atoms with Gasteiger partial charge in [-0.1, -0.05) is 11.6 Å². The van der Waals surface area contributed by atoms with Crippen LogP contribution in [0.2, 0.25) is 5.02 Å². The van der Waals surface area contributed by atoms with Gasteiger partial charge in [0, 0.05) is 29.9 Å². The second kappa shape index (κ2) is 8.05. The molecule has 1 heterocycles. The van der Waals surface area contributed by atoms with Crippen molar-refractivity contribution in [2.24, 2.45) is 7.05 Å². The van der Waals surface area contributed by atoms with Crippen molar-refractivity contribution < 1.29 is 9.18 Å². The number of urea groups is 1. The van der Waals surface area contributed by atoms with Gasteiger partial charge in [0.15, 0.2) is 5.82 Å². The van der Waals surface area contributed by atoms with Gasteiger partial charge in [-0.3, -0.25) is 4.57 Å². The highest BCUT2D eigenvalue weighted by molar-refractivity contribution is 6.30. The van der Waals surface area contributed by atoms with Crippen LogP contribution >= 0.6 is 11.6 Å². The van der Waals surface area contributed by atoms with Gasteiger partial charge in [0.2, 0.25) is 0 Å². The lowest BCUT2D eigenvalue weighted by molar-refractivity contribution is 0.251. The van der Waals surface area contributed by atoms with Gasteiger partial charge >= 0.3 is 11.7 Å². The summed E-state index contributed by atoms with van der Waals surface area (Å²) in [5, 5.41) is 10.2. The Morgan fingerprint density at radius 2 is 1.81 bits per heavy atom. The van der Waals surface area contributed by atoms with Crippen LogP contribution in [0.1, 0.15) is 0 Å². The van der Waals surface area contributed by atoms with Crippen LogP contribution in [0.25, 0.3) is 11.4 Å². The number of amides is 2. The maximum absolute atomic E-state index is 13.1. The third-order valence-electron chi connectivity index (χ3n) is 3.85. The van der Waals surface area contributed by atoms with Crippen molar-refractivity contribution >= 4 is 23.3 Å². The molecule has 3 rings (SSSR count). The van der Waals surface area contributed by atoms with Crippen molar-refractivity contribution in [3.8, 4) is 11.4 Å². The van der Waals surface area contributed by atoms with E-state index >= 15 is 0 Å². The summed E-state index contributed by atoms with van der Waals surface area (Å²) in [7, 11) is 1.59. The first kappa shape index (κ1) is 18.7. The fraction of sp³-hybridized carbons (Fsp3) is 0.167. The minimum absolute atomic E-state index is 0.196. The van der Waals surface area contributed by atoms with Crippen LogP contribution in [-0.2, 0) is 13.6 Å². The van der Waals surface area contributed by atoms with Crippen LogP contribution in [0.5, 0.6) is 0 Å². The van der Waals surface area contributed by atoms with Gasteiger partial charge in [-0.2, -0.15) is 0 Å². The molecule has 2 aromatic carbocycles. The van der Waals surface area contributed by atoms with Crippen LogP contribution in [0.15, 0.2) is 53.3 Å². The molecule has 0 aliphatic heterocycles. The molecule has 0 saturated heterocycles. The number of aromatic nitrogens is 3. The minimum atomic E-state index is -0.403. The lowest BCUT2D eigenvalue weighted by atomic mass is 10.2. The van der Waals surface area contributed by atoms with Gasteiger partial charge in [-0.15, -0.1) is 5.10 Å². The Balaban J connectivity index is 1.60. The van der Waals surface area contributed by atoms with E-state index in [0.29, 0.717) is 22.1 Å². The van der Waals surface area contributed by atoms with Gasteiger partial charge in [-0.25, -0.2) is 18.7 Å². The molecule has 0 bridgehead atoms. The number of hydrogen-bond acceptors (Lipinski definition) is 3. The van der Waals surface area contributed by atoms with Crippen molar-refractivity contribution in [1.29, 1.82) is 0 Å². The molecule has 2 amide bonds. The number of carbonyl (C=O) groups is 1. The number of nitrogens with zero attached hydrogens (tertiary/aromatic N) is 3. The molecule has 7 nitrogen and oxygen atoms in total. The molecule has 0 unspecified atom stereocenters. The SMILES string of the molecule is Cn1c(-c2ccc(F)cc2)nn(CCNC(=O)Nc2ccc(Cl)cc2)c1=O. The summed E-state index contributed by atoms with van der Waals surface area (Å²) in [5.41, 5.74) is 0.905. The molecule has 3 aromatic rings. The van der Waals surface area contributed by atoms with E-state index in [1.807, 2.05) is 0 Å². The molecule has 0 spiro atoms. The largest absolute Gasteiger partial charge is 0.345 e. The van der Waals surface area contributed by atoms with Crippen molar-refractivity contribution in [2.75, 3.05) is 11.9 Å². The Labute approximate surface area is 159 Å². The Morgan fingerprint density at radius 3 is 2.48 bits per heavy atom. The number of hydrogen-bond donors (Lipinski definition) is 2. The molecule has 0 atom stereocenters. The van der Waals surface area contributed by atoms with Crippen LogP contribution in [-0.4, -0.2) is 26.9 Å². The molecular formula is C18H17ClFN5O2. The highest BCUT2D eigenvalue weighted by atomic mass is 35.5. The molecule has 0 fully saturated rings. The van der Waals surface area contributed by atoms with Gasteiger partial charge in [0.25, 0.3) is 0 Å². The topological polar surface area (TPSA) is 81.0 Å². The molecule has 2 N–H and O–H groups in total. The van der Waals surface area contributed by atoms with E-state index in [9.17, 15) is 14.0 Å². The molecule has 140 valence electrons. The van der Waals surface area contributed by atoms with E-state index in [1.165, 1.54) is 21.4 Å². The maximum Gasteiger partial charge on any atom is 0.345 e. The normalized spacial score (nSPS) is 10.6. The zero-order valence-electron chi connectivity index (χ0n) is 14.4. The molecule has 0 aliphatic carbocycles. The maximum atomic E-state index is 13.1. The minimum Gasteiger partial charge on any atom is -0.336 e. The highest BCUT2D eigenvalue weighted by Crippen LogP contribution is 2.15. The zero-order chi connectivity index (χ0) is 19.4. The molecule has 0 aliphatic rings. The van der Waals surface area contributed by atoms with Crippen LogP contribution < -0.4 is 16.3 Å². The lowest BCUT2D eigenvalue weighted by Gasteiger charge is -2.07. The summed E-state index contributed by atoms with van der Waals surface area (Å²) < 4.78 is 15.7. The quantitative estimate of drug-likeness (QED) is 0.704. The van der Waals surface area contributed by atoms with Gasteiger partial charge in [0.05, 0.1) is 6.54 Å². The Morgan fingerprint density at radius 1 is 1.15 bits per heavy atom.